The maximum Gasteiger partial charge on any atom is 0.410 e. The van der Waals surface area contributed by atoms with Crippen LogP contribution in [0.4, 0.5) is 10.7 Å². The molecule has 4 aliphatic rings. The van der Waals surface area contributed by atoms with Gasteiger partial charge in [-0.1, -0.05) is 37.1 Å². The number of aromatic nitrogens is 2. The summed E-state index contributed by atoms with van der Waals surface area (Å²) < 4.78 is 11.5. The zero-order valence-electron chi connectivity index (χ0n) is 20.3. The molecule has 1 aromatic heterocycles. The first-order chi connectivity index (χ1) is 16.6. The number of rotatable bonds is 8. The lowest BCUT2D eigenvalue weighted by Crippen LogP contribution is -2.64. The number of nitrogens with zero attached hydrogens (tertiary/aromatic N) is 5. The number of likely N-dealkylation sites (tertiary alicyclic amines) is 1. The van der Waals surface area contributed by atoms with Gasteiger partial charge < -0.3 is 19.3 Å². The number of carbonyl (C=O) groups excluding carboxylic acids is 1. The van der Waals surface area contributed by atoms with E-state index in [1.165, 1.54) is 12.8 Å². The van der Waals surface area contributed by atoms with Crippen molar-refractivity contribution in [1.29, 1.82) is 0 Å². The molecule has 1 saturated carbocycles. The van der Waals surface area contributed by atoms with Gasteiger partial charge in [0.05, 0.1) is 19.0 Å². The van der Waals surface area contributed by atoms with Crippen LogP contribution in [0.15, 0.2) is 36.2 Å². The molecule has 34 heavy (non-hydrogen) atoms. The van der Waals surface area contributed by atoms with Crippen molar-refractivity contribution in [1.82, 2.24) is 19.8 Å². The second kappa shape index (κ2) is 10.3. The van der Waals surface area contributed by atoms with Gasteiger partial charge in [-0.2, -0.15) is 0 Å². The van der Waals surface area contributed by atoms with Gasteiger partial charge in [0.2, 0.25) is 5.95 Å². The first-order valence-electron chi connectivity index (χ1n) is 12.8. The summed E-state index contributed by atoms with van der Waals surface area (Å²) in [5.74, 6) is 1.39. The van der Waals surface area contributed by atoms with Gasteiger partial charge in [0, 0.05) is 51.2 Å². The van der Waals surface area contributed by atoms with Crippen LogP contribution in [-0.2, 0) is 4.74 Å². The van der Waals surface area contributed by atoms with Crippen LogP contribution >= 0.6 is 0 Å². The molecular formula is C26H37N5O3. The first-order valence-corrected chi connectivity index (χ1v) is 12.8. The number of anilines is 1. The molecule has 2 aliphatic carbocycles. The van der Waals surface area contributed by atoms with E-state index in [1.54, 1.807) is 18.0 Å². The van der Waals surface area contributed by atoms with Crippen molar-refractivity contribution in [2.75, 3.05) is 57.3 Å². The van der Waals surface area contributed by atoms with Crippen molar-refractivity contribution in [3.63, 3.8) is 0 Å². The van der Waals surface area contributed by atoms with Crippen molar-refractivity contribution >= 4 is 12.0 Å². The molecule has 3 fully saturated rings. The van der Waals surface area contributed by atoms with E-state index in [0.717, 1.165) is 45.3 Å². The van der Waals surface area contributed by atoms with Crippen molar-refractivity contribution in [2.45, 2.75) is 51.6 Å². The van der Waals surface area contributed by atoms with Gasteiger partial charge in [-0.3, -0.25) is 4.90 Å². The lowest BCUT2D eigenvalue weighted by molar-refractivity contribution is -0.130. The minimum absolute atomic E-state index is 0.0769. The molecule has 2 aliphatic heterocycles. The monoisotopic (exact) mass is 467 g/mol. The summed E-state index contributed by atoms with van der Waals surface area (Å²) in [5.41, 5.74) is 1.93. The second-order valence-corrected chi connectivity index (χ2v) is 10.2. The van der Waals surface area contributed by atoms with Crippen molar-refractivity contribution in [3.05, 3.63) is 36.2 Å². The Morgan fingerprint density at radius 1 is 1.15 bits per heavy atom. The largest absolute Gasteiger partial charge is 0.490 e. The lowest BCUT2D eigenvalue weighted by atomic mass is 9.61. The number of allylic oxidation sites excluding steroid dienone is 3. The predicted octanol–water partition coefficient (Wildman–Crippen LogP) is 3.65. The second-order valence-electron chi connectivity index (χ2n) is 10.2. The zero-order chi connectivity index (χ0) is 23.4. The van der Waals surface area contributed by atoms with E-state index < -0.39 is 0 Å². The molecule has 5 rings (SSSR count). The normalized spacial score (nSPS) is 22.2. The summed E-state index contributed by atoms with van der Waals surface area (Å²) in [5, 5.41) is 0. The van der Waals surface area contributed by atoms with Crippen LogP contribution in [0.2, 0.25) is 0 Å². The summed E-state index contributed by atoms with van der Waals surface area (Å²) in [6, 6.07) is 0. The molecule has 1 amide bonds. The molecule has 1 aromatic rings. The lowest BCUT2D eigenvalue weighted by Gasteiger charge is -2.58. The Hall–Kier alpha value is -2.61. The Morgan fingerprint density at radius 2 is 1.91 bits per heavy atom. The molecule has 0 N–H and O–H groups in total. The van der Waals surface area contributed by atoms with Gasteiger partial charge in [-0.25, -0.2) is 14.8 Å². The number of hydrogen-bond acceptors (Lipinski definition) is 7. The van der Waals surface area contributed by atoms with Crippen LogP contribution in [0.3, 0.4) is 0 Å². The number of amides is 1. The Kier molecular flexibility index (Phi) is 7.04. The van der Waals surface area contributed by atoms with Crippen LogP contribution in [-0.4, -0.2) is 84.4 Å². The van der Waals surface area contributed by atoms with Gasteiger partial charge in [0.1, 0.15) is 6.10 Å². The van der Waals surface area contributed by atoms with Crippen LogP contribution < -0.4 is 9.64 Å². The van der Waals surface area contributed by atoms with Gasteiger partial charge in [0.25, 0.3) is 0 Å². The van der Waals surface area contributed by atoms with Crippen LogP contribution in [0.5, 0.6) is 5.75 Å². The topological polar surface area (TPSA) is 71.0 Å². The maximum absolute atomic E-state index is 12.7. The number of ether oxygens (including phenoxy) is 2. The number of hydrogen-bond donors (Lipinski definition) is 0. The molecule has 3 heterocycles. The Balaban J connectivity index is 0.992. The van der Waals surface area contributed by atoms with Gasteiger partial charge >= 0.3 is 6.09 Å². The summed E-state index contributed by atoms with van der Waals surface area (Å²) in [6.45, 7) is 8.89. The number of piperazine rings is 1. The van der Waals surface area contributed by atoms with Crippen LogP contribution in [0, 0.1) is 5.41 Å². The average molecular weight is 468 g/mol. The van der Waals surface area contributed by atoms with E-state index in [9.17, 15) is 4.79 Å². The molecule has 0 atom stereocenters. The SMILES string of the molecule is CCCCOc1cnc(N2CCN(C(=O)OC3CC4(C3)CN(CC3=CC=CCC3)C4)CC2)nc1. The highest BCUT2D eigenvalue weighted by atomic mass is 16.6. The van der Waals surface area contributed by atoms with E-state index in [4.69, 9.17) is 9.47 Å². The number of unbranched alkanes of at least 4 members (excludes halogenated alkanes) is 1. The maximum atomic E-state index is 12.7. The minimum Gasteiger partial charge on any atom is -0.490 e. The fourth-order valence-corrected chi connectivity index (χ4v) is 5.52. The standard InChI is InChI=1S/C26H37N5O3/c1-2-3-13-33-23-16-27-24(28-17-23)30-9-11-31(12-10-30)25(32)34-22-14-26(15-22)19-29(20-26)18-21-7-5-4-6-8-21/h4-5,7,16-17,22H,2-3,6,8-15,18-20H2,1H3. The molecule has 0 unspecified atom stereocenters. The minimum atomic E-state index is -0.171. The first kappa shape index (κ1) is 23.1. The van der Waals surface area contributed by atoms with Gasteiger partial charge in [0.15, 0.2) is 5.75 Å². The van der Waals surface area contributed by atoms with E-state index in [1.807, 2.05) is 4.90 Å². The quantitative estimate of drug-likeness (QED) is 0.541. The molecule has 0 bridgehead atoms. The highest BCUT2D eigenvalue weighted by molar-refractivity contribution is 5.68. The highest BCUT2D eigenvalue weighted by Crippen LogP contribution is 2.50. The number of carbonyl (C=O) groups is 1. The molecular weight excluding hydrogens is 430 g/mol. The fraction of sp³-hybridized carbons (Fsp3) is 0.654. The smallest absolute Gasteiger partial charge is 0.410 e. The molecule has 0 aromatic carbocycles. The summed E-state index contributed by atoms with van der Waals surface area (Å²) in [6.07, 6.45) is 16.6. The van der Waals surface area contributed by atoms with Crippen LogP contribution in [0.1, 0.15) is 45.4 Å². The summed E-state index contributed by atoms with van der Waals surface area (Å²) >= 11 is 0. The van der Waals surface area contributed by atoms with Crippen molar-refractivity contribution < 1.29 is 14.3 Å². The third-order valence-corrected chi connectivity index (χ3v) is 7.44. The van der Waals surface area contributed by atoms with Crippen LogP contribution in [0.25, 0.3) is 0 Å². The average Bonchev–Trinajstić information content (AvgIpc) is 2.83. The highest BCUT2D eigenvalue weighted by Gasteiger charge is 2.53. The Labute approximate surface area is 202 Å². The van der Waals surface area contributed by atoms with E-state index in [0.29, 0.717) is 49.9 Å². The van der Waals surface area contributed by atoms with E-state index in [-0.39, 0.29) is 12.2 Å². The van der Waals surface area contributed by atoms with Crippen molar-refractivity contribution in [2.24, 2.45) is 5.41 Å². The Bertz CT molecular complexity index is 894. The van der Waals surface area contributed by atoms with Gasteiger partial charge in [-0.15, -0.1) is 0 Å². The molecule has 184 valence electrons. The summed E-state index contributed by atoms with van der Waals surface area (Å²) in [7, 11) is 0. The molecule has 2 saturated heterocycles. The molecule has 8 heteroatoms. The predicted molar refractivity (Wildman–Crippen MR) is 131 cm³/mol. The zero-order valence-corrected chi connectivity index (χ0v) is 20.3. The van der Waals surface area contributed by atoms with E-state index in [2.05, 4.69) is 44.9 Å². The summed E-state index contributed by atoms with van der Waals surface area (Å²) in [4.78, 5) is 28.0. The van der Waals surface area contributed by atoms with Crippen molar-refractivity contribution in [3.8, 4) is 5.75 Å². The third kappa shape index (κ3) is 5.37. The Morgan fingerprint density at radius 3 is 2.59 bits per heavy atom. The molecule has 8 nitrogen and oxygen atoms in total. The third-order valence-electron chi connectivity index (χ3n) is 7.44. The van der Waals surface area contributed by atoms with E-state index >= 15 is 0 Å². The molecule has 1 spiro atoms. The van der Waals surface area contributed by atoms with Gasteiger partial charge in [-0.05, 0) is 32.1 Å². The molecule has 0 radical (unpaired) electrons. The fourth-order valence-electron chi connectivity index (χ4n) is 5.52.